The highest BCUT2D eigenvalue weighted by Gasteiger charge is 2.53. The number of rotatable bonds is 3. The Kier molecular flexibility index (Phi) is 3.30. The lowest BCUT2D eigenvalue weighted by atomic mass is 9.48. The van der Waals surface area contributed by atoms with Gasteiger partial charge in [-0.15, -0.1) is 0 Å². The van der Waals surface area contributed by atoms with Crippen LogP contribution in [0.1, 0.15) is 51.9 Å². The van der Waals surface area contributed by atoms with Crippen LogP contribution in [0.2, 0.25) is 0 Å². The molecule has 118 valence electrons. The zero-order chi connectivity index (χ0) is 14.6. The Morgan fingerprint density at radius 3 is 2.19 bits per heavy atom. The molecule has 1 saturated heterocycles. The van der Waals surface area contributed by atoms with Crippen molar-refractivity contribution in [3.8, 4) is 0 Å². The van der Waals surface area contributed by atoms with Crippen LogP contribution in [0, 0.1) is 23.2 Å². The maximum absolute atomic E-state index is 12.4. The molecule has 5 fully saturated rings. The molecule has 21 heavy (non-hydrogen) atoms. The number of hydrogen-bond donors (Lipinski definition) is 3. The lowest BCUT2D eigenvalue weighted by molar-refractivity contribution is -0.127. The van der Waals surface area contributed by atoms with Crippen LogP contribution in [0.4, 0.5) is 0 Å². The van der Waals surface area contributed by atoms with Crippen LogP contribution < -0.4 is 10.6 Å². The number of hydrogen-bond acceptors (Lipinski definition) is 3. The van der Waals surface area contributed by atoms with E-state index in [1.54, 1.807) is 0 Å². The zero-order valence-electron chi connectivity index (χ0n) is 13.0. The summed E-state index contributed by atoms with van der Waals surface area (Å²) < 4.78 is 0. The Morgan fingerprint density at radius 2 is 1.71 bits per heavy atom. The first-order chi connectivity index (χ1) is 10.0. The van der Waals surface area contributed by atoms with Gasteiger partial charge in [0.1, 0.15) is 0 Å². The Labute approximate surface area is 127 Å². The Hall–Kier alpha value is -0.610. The lowest BCUT2D eigenvalue weighted by Crippen LogP contribution is -2.57. The summed E-state index contributed by atoms with van der Waals surface area (Å²) in [6, 6.07) is 0.0781. The van der Waals surface area contributed by atoms with Crippen molar-refractivity contribution < 1.29 is 9.90 Å². The van der Waals surface area contributed by atoms with Crippen molar-refractivity contribution in [1.82, 2.24) is 10.6 Å². The molecular formula is C17H28N2O2. The van der Waals surface area contributed by atoms with Gasteiger partial charge in [0.15, 0.2) is 0 Å². The van der Waals surface area contributed by atoms with Gasteiger partial charge in [-0.25, -0.2) is 0 Å². The van der Waals surface area contributed by atoms with Crippen LogP contribution in [0.5, 0.6) is 0 Å². The molecule has 3 unspecified atom stereocenters. The van der Waals surface area contributed by atoms with Crippen LogP contribution in [-0.2, 0) is 4.79 Å². The first kappa shape index (κ1) is 14.0. The van der Waals surface area contributed by atoms with E-state index in [4.69, 9.17) is 0 Å². The Morgan fingerprint density at radius 1 is 1.14 bits per heavy atom. The van der Waals surface area contributed by atoms with Gasteiger partial charge >= 0.3 is 0 Å². The number of amides is 1. The average molecular weight is 292 g/mol. The van der Waals surface area contributed by atoms with Crippen molar-refractivity contribution in [2.75, 3.05) is 6.54 Å². The minimum atomic E-state index is -0.365. The smallest absolute Gasteiger partial charge is 0.237 e. The SMILES string of the molecule is CC(NC(=O)C1CC(O)CN1)C12CC3CC(CC(C3)C1)C2. The van der Waals surface area contributed by atoms with Crippen LogP contribution in [0.3, 0.4) is 0 Å². The third-order valence-corrected chi connectivity index (χ3v) is 6.79. The maximum Gasteiger partial charge on any atom is 0.237 e. The molecular weight excluding hydrogens is 264 g/mol. The molecule has 4 bridgehead atoms. The summed E-state index contributed by atoms with van der Waals surface area (Å²) in [5.41, 5.74) is 0.363. The molecule has 3 N–H and O–H groups in total. The fraction of sp³-hybridized carbons (Fsp3) is 0.941. The molecule has 4 nitrogen and oxygen atoms in total. The summed E-state index contributed by atoms with van der Waals surface area (Å²) >= 11 is 0. The highest BCUT2D eigenvalue weighted by molar-refractivity contribution is 5.82. The number of nitrogens with one attached hydrogen (secondary N) is 2. The maximum atomic E-state index is 12.4. The molecule has 1 amide bonds. The van der Waals surface area contributed by atoms with Crippen molar-refractivity contribution in [3.63, 3.8) is 0 Å². The third-order valence-electron chi connectivity index (χ3n) is 6.79. The summed E-state index contributed by atoms with van der Waals surface area (Å²) in [6.07, 6.45) is 8.47. The average Bonchev–Trinajstić information content (AvgIpc) is 2.84. The van der Waals surface area contributed by atoms with Gasteiger partial charge in [-0.3, -0.25) is 4.79 Å². The van der Waals surface area contributed by atoms with Crippen LogP contribution >= 0.6 is 0 Å². The van der Waals surface area contributed by atoms with Gasteiger partial charge in [-0.05, 0) is 75.0 Å². The monoisotopic (exact) mass is 292 g/mol. The molecule has 1 aliphatic heterocycles. The van der Waals surface area contributed by atoms with Gasteiger partial charge < -0.3 is 15.7 Å². The van der Waals surface area contributed by atoms with Crippen molar-refractivity contribution in [2.24, 2.45) is 23.2 Å². The largest absolute Gasteiger partial charge is 0.392 e. The lowest BCUT2D eigenvalue weighted by Gasteiger charge is -2.59. The molecule has 0 spiro atoms. The van der Waals surface area contributed by atoms with E-state index in [2.05, 4.69) is 17.6 Å². The number of carbonyl (C=O) groups is 1. The topological polar surface area (TPSA) is 61.4 Å². The third kappa shape index (κ3) is 2.40. The fourth-order valence-corrected chi connectivity index (χ4v) is 6.09. The predicted octanol–water partition coefficient (Wildman–Crippen LogP) is 1.43. The normalized spacial score (nSPS) is 49.3. The fourth-order valence-electron chi connectivity index (χ4n) is 6.09. The summed E-state index contributed by atoms with van der Waals surface area (Å²) in [6.45, 7) is 2.76. The molecule has 5 rings (SSSR count). The Balaban J connectivity index is 1.43. The van der Waals surface area contributed by atoms with Crippen LogP contribution in [0.25, 0.3) is 0 Å². The van der Waals surface area contributed by atoms with Gasteiger partial charge in [-0.2, -0.15) is 0 Å². The van der Waals surface area contributed by atoms with E-state index in [1.165, 1.54) is 38.5 Å². The number of β-amino-alcohol motifs (C(OH)–C–C–N with tert-alkyl or cyclic N) is 1. The summed E-state index contributed by atoms with van der Waals surface area (Å²) in [7, 11) is 0. The quantitative estimate of drug-likeness (QED) is 0.737. The molecule has 0 aromatic rings. The molecule has 0 radical (unpaired) electrons. The molecule has 3 atom stereocenters. The summed E-state index contributed by atoms with van der Waals surface area (Å²) in [4.78, 5) is 12.4. The summed E-state index contributed by atoms with van der Waals surface area (Å²) in [5.74, 6) is 2.85. The molecule has 0 aromatic carbocycles. The molecule has 4 saturated carbocycles. The van der Waals surface area contributed by atoms with Crippen LogP contribution in [0.15, 0.2) is 0 Å². The van der Waals surface area contributed by atoms with Gasteiger partial charge in [0.25, 0.3) is 0 Å². The van der Waals surface area contributed by atoms with E-state index in [0.29, 0.717) is 18.4 Å². The molecule has 4 aliphatic carbocycles. The molecule has 1 heterocycles. The number of carbonyl (C=O) groups excluding carboxylic acids is 1. The van der Waals surface area contributed by atoms with E-state index in [0.717, 1.165) is 17.8 Å². The molecule has 4 heteroatoms. The highest BCUT2D eigenvalue weighted by Crippen LogP contribution is 2.61. The minimum absolute atomic E-state index is 0.0924. The van der Waals surface area contributed by atoms with E-state index in [-0.39, 0.29) is 24.1 Å². The van der Waals surface area contributed by atoms with E-state index in [9.17, 15) is 9.90 Å². The summed E-state index contributed by atoms with van der Waals surface area (Å²) in [5, 5.41) is 16.0. The second-order valence-electron chi connectivity index (χ2n) is 8.36. The number of aliphatic hydroxyl groups excluding tert-OH is 1. The zero-order valence-corrected chi connectivity index (χ0v) is 13.0. The van der Waals surface area contributed by atoms with Gasteiger partial charge in [-0.1, -0.05) is 0 Å². The first-order valence-electron chi connectivity index (χ1n) is 8.76. The van der Waals surface area contributed by atoms with Gasteiger partial charge in [0.05, 0.1) is 12.1 Å². The van der Waals surface area contributed by atoms with Crippen molar-refractivity contribution in [3.05, 3.63) is 0 Å². The van der Waals surface area contributed by atoms with Crippen molar-refractivity contribution in [1.29, 1.82) is 0 Å². The second kappa shape index (κ2) is 4.95. The predicted molar refractivity (Wildman–Crippen MR) is 80.6 cm³/mol. The van der Waals surface area contributed by atoms with Gasteiger partial charge in [0.2, 0.25) is 5.91 Å². The van der Waals surface area contributed by atoms with Crippen molar-refractivity contribution >= 4 is 5.91 Å². The van der Waals surface area contributed by atoms with E-state index >= 15 is 0 Å². The Bertz CT molecular complexity index is 401. The van der Waals surface area contributed by atoms with E-state index in [1.807, 2.05) is 0 Å². The highest BCUT2D eigenvalue weighted by atomic mass is 16.3. The van der Waals surface area contributed by atoms with Crippen LogP contribution in [-0.4, -0.2) is 35.7 Å². The second-order valence-corrected chi connectivity index (χ2v) is 8.36. The van der Waals surface area contributed by atoms with Crippen molar-refractivity contribution in [2.45, 2.75) is 70.1 Å². The van der Waals surface area contributed by atoms with Gasteiger partial charge in [0, 0.05) is 12.6 Å². The van der Waals surface area contributed by atoms with E-state index < -0.39 is 0 Å². The first-order valence-corrected chi connectivity index (χ1v) is 8.76. The number of aliphatic hydroxyl groups is 1. The standard InChI is InChI=1S/C17H28N2O2/c1-10(19-16(21)15-5-14(20)9-18-15)17-6-11-2-12(7-17)4-13(3-11)8-17/h10-15,18,20H,2-9H2,1H3,(H,19,21). The minimum Gasteiger partial charge on any atom is -0.392 e. The molecule has 5 aliphatic rings. The molecule has 0 aromatic heterocycles.